The molecule has 0 atom stereocenters. The Bertz CT molecular complexity index is 529. The van der Waals surface area contributed by atoms with Gasteiger partial charge in [-0.2, -0.15) is 0 Å². The maximum Gasteiger partial charge on any atom is 0.182 e. The van der Waals surface area contributed by atoms with Gasteiger partial charge in [0.15, 0.2) is 5.82 Å². The Labute approximate surface area is 115 Å². The molecule has 0 fully saturated rings. The predicted molar refractivity (Wildman–Crippen MR) is 72.6 cm³/mol. The molecule has 1 aromatic carbocycles. The Hall–Kier alpha value is -1.33. The molecule has 0 saturated heterocycles. The molecule has 0 unspecified atom stereocenters. The van der Waals surface area contributed by atoms with Crippen LogP contribution in [-0.4, -0.2) is 20.2 Å². The van der Waals surface area contributed by atoms with E-state index in [9.17, 15) is 0 Å². The smallest absolute Gasteiger partial charge is 0.182 e. The number of aryl methyl sites for hydroxylation is 1. The van der Waals surface area contributed by atoms with Crippen molar-refractivity contribution in [2.24, 2.45) is 0 Å². The molecule has 2 aromatic rings. The largest absolute Gasteiger partial charge is 0.397 e. The van der Waals surface area contributed by atoms with Crippen LogP contribution >= 0.6 is 23.2 Å². The molecule has 1 heterocycles. The second kappa shape index (κ2) is 5.54. The molecule has 2 rings (SSSR count). The normalized spacial score (nSPS) is 10.8. The maximum atomic E-state index is 6.00. The van der Waals surface area contributed by atoms with E-state index in [4.69, 9.17) is 28.9 Å². The van der Waals surface area contributed by atoms with Crippen molar-refractivity contribution in [1.29, 1.82) is 0 Å². The van der Waals surface area contributed by atoms with Gasteiger partial charge in [0.2, 0.25) is 0 Å². The molecule has 7 heteroatoms. The first-order valence-electron chi connectivity index (χ1n) is 5.64. The molecule has 0 aliphatic rings. The van der Waals surface area contributed by atoms with Crippen molar-refractivity contribution in [3.05, 3.63) is 22.2 Å². The molecule has 5 nitrogen and oxygen atoms in total. The molecule has 0 saturated carbocycles. The zero-order valence-corrected chi connectivity index (χ0v) is 11.4. The van der Waals surface area contributed by atoms with E-state index >= 15 is 0 Å². The van der Waals surface area contributed by atoms with E-state index in [0.29, 0.717) is 21.6 Å². The van der Waals surface area contributed by atoms with Gasteiger partial charge in [0.05, 0.1) is 15.7 Å². The molecule has 0 amide bonds. The van der Waals surface area contributed by atoms with Crippen molar-refractivity contribution in [3.8, 4) is 11.4 Å². The van der Waals surface area contributed by atoms with E-state index in [-0.39, 0.29) is 0 Å². The lowest BCUT2D eigenvalue weighted by Gasteiger charge is -2.07. The first-order chi connectivity index (χ1) is 8.63. The number of benzene rings is 1. The molecule has 0 spiro atoms. The number of nitrogens with zero attached hydrogens (tertiary/aromatic N) is 4. The van der Waals surface area contributed by atoms with E-state index in [1.54, 1.807) is 16.8 Å². The Kier molecular flexibility index (Phi) is 4.04. The second-order valence-corrected chi connectivity index (χ2v) is 4.73. The molecule has 1 aromatic heterocycles. The fraction of sp³-hybridized carbons (Fsp3) is 0.364. The van der Waals surface area contributed by atoms with Crippen LogP contribution in [0.15, 0.2) is 12.1 Å². The average Bonchev–Trinajstić information content (AvgIpc) is 2.81. The van der Waals surface area contributed by atoms with Crippen molar-refractivity contribution in [2.45, 2.75) is 26.3 Å². The molecule has 2 N–H and O–H groups in total. The fourth-order valence-corrected chi connectivity index (χ4v) is 1.95. The molecule has 0 bridgehead atoms. The number of hydrogen-bond donors (Lipinski definition) is 1. The van der Waals surface area contributed by atoms with Crippen LogP contribution in [0.4, 0.5) is 5.69 Å². The summed E-state index contributed by atoms with van der Waals surface area (Å²) in [6.45, 7) is 2.88. The van der Waals surface area contributed by atoms with Gasteiger partial charge in [-0.15, -0.1) is 5.10 Å². The summed E-state index contributed by atoms with van der Waals surface area (Å²) in [5, 5.41) is 12.4. The molecular formula is C11H13Cl2N5. The van der Waals surface area contributed by atoms with Gasteiger partial charge >= 0.3 is 0 Å². The molecule has 18 heavy (non-hydrogen) atoms. The van der Waals surface area contributed by atoms with Gasteiger partial charge in [0.1, 0.15) is 0 Å². The van der Waals surface area contributed by atoms with Crippen LogP contribution in [0.25, 0.3) is 11.4 Å². The number of hydrogen-bond acceptors (Lipinski definition) is 4. The Morgan fingerprint density at radius 3 is 2.78 bits per heavy atom. The van der Waals surface area contributed by atoms with Crippen molar-refractivity contribution in [3.63, 3.8) is 0 Å². The molecule has 96 valence electrons. The van der Waals surface area contributed by atoms with Crippen molar-refractivity contribution in [2.75, 3.05) is 5.73 Å². The second-order valence-electron chi connectivity index (χ2n) is 3.94. The Morgan fingerprint density at radius 2 is 2.11 bits per heavy atom. The van der Waals surface area contributed by atoms with Crippen LogP contribution < -0.4 is 5.73 Å². The highest BCUT2D eigenvalue weighted by molar-refractivity contribution is 6.43. The van der Waals surface area contributed by atoms with Gasteiger partial charge in [-0.05, 0) is 29.0 Å². The average molecular weight is 286 g/mol. The summed E-state index contributed by atoms with van der Waals surface area (Å²) in [7, 11) is 0. The number of rotatable bonds is 4. The Balaban J connectivity index is 2.40. The quantitative estimate of drug-likeness (QED) is 0.877. The fourth-order valence-electron chi connectivity index (χ4n) is 1.61. The van der Waals surface area contributed by atoms with Crippen LogP contribution in [-0.2, 0) is 6.54 Å². The van der Waals surface area contributed by atoms with E-state index < -0.39 is 0 Å². The van der Waals surface area contributed by atoms with E-state index in [2.05, 4.69) is 22.4 Å². The SMILES string of the molecule is CCCCn1nnnc1-c1cc(N)c(Cl)c(Cl)c1. The van der Waals surface area contributed by atoms with Gasteiger partial charge in [0.25, 0.3) is 0 Å². The summed E-state index contributed by atoms with van der Waals surface area (Å²) in [5.41, 5.74) is 6.97. The minimum atomic E-state index is 0.355. The minimum absolute atomic E-state index is 0.355. The molecule has 0 radical (unpaired) electrons. The molecule has 0 aliphatic carbocycles. The number of halogens is 2. The monoisotopic (exact) mass is 285 g/mol. The summed E-state index contributed by atoms with van der Waals surface area (Å²) in [6.07, 6.45) is 2.08. The van der Waals surface area contributed by atoms with Crippen molar-refractivity contribution < 1.29 is 0 Å². The van der Waals surface area contributed by atoms with Gasteiger partial charge < -0.3 is 5.73 Å². The maximum absolute atomic E-state index is 6.00. The summed E-state index contributed by atoms with van der Waals surface area (Å²) in [6, 6.07) is 3.44. The number of unbranched alkanes of at least 4 members (excludes halogenated alkanes) is 1. The predicted octanol–water partition coefficient (Wildman–Crippen LogP) is 3.03. The standard InChI is InChI=1S/C11H13Cl2N5/c1-2-3-4-18-11(15-16-17-18)7-5-8(12)10(13)9(14)6-7/h5-6H,2-4,14H2,1H3. The number of tetrazole rings is 1. The lowest BCUT2D eigenvalue weighted by atomic mass is 10.2. The topological polar surface area (TPSA) is 69.6 Å². The van der Waals surface area contributed by atoms with Crippen molar-refractivity contribution in [1.82, 2.24) is 20.2 Å². The van der Waals surface area contributed by atoms with Gasteiger partial charge in [-0.1, -0.05) is 36.5 Å². The number of nitrogens with two attached hydrogens (primary N) is 1. The summed E-state index contributed by atoms with van der Waals surface area (Å²) >= 11 is 11.9. The van der Waals surface area contributed by atoms with Crippen LogP contribution in [0.5, 0.6) is 0 Å². The minimum Gasteiger partial charge on any atom is -0.397 e. The van der Waals surface area contributed by atoms with Gasteiger partial charge in [0, 0.05) is 12.1 Å². The van der Waals surface area contributed by atoms with Crippen LogP contribution in [0, 0.1) is 0 Å². The highest BCUT2D eigenvalue weighted by Crippen LogP contribution is 2.32. The molecular weight excluding hydrogens is 273 g/mol. The summed E-state index contributed by atoms with van der Waals surface area (Å²) in [5.74, 6) is 0.647. The van der Waals surface area contributed by atoms with E-state index in [1.807, 2.05) is 0 Å². The number of nitrogen functional groups attached to an aromatic ring is 1. The van der Waals surface area contributed by atoms with Gasteiger partial charge in [-0.3, -0.25) is 0 Å². The number of aromatic nitrogens is 4. The number of anilines is 1. The lowest BCUT2D eigenvalue weighted by molar-refractivity contribution is 0.557. The lowest BCUT2D eigenvalue weighted by Crippen LogP contribution is -2.03. The van der Waals surface area contributed by atoms with E-state index in [0.717, 1.165) is 24.9 Å². The van der Waals surface area contributed by atoms with Gasteiger partial charge in [-0.25, -0.2) is 4.68 Å². The zero-order chi connectivity index (χ0) is 13.1. The first kappa shape index (κ1) is 13.1. The third-order valence-electron chi connectivity index (χ3n) is 2.57. The zero-order valence-electron chi connectivity index (χ0n) is 9.90. The highest BCUT2D eigenvalue weighted by atomic mass is 35.5. The highest BCUT2D eigenvalue weighted by Gasteiger charge is 2.12. The first-order valence-corrected chi connectivity index (χ1v) is 6.40. The van der Waals surface area contributed by atoms with E-state index in [1.165, 1.54) is 0 Å². The third kappa shape index (κ3) is 2.57. The summed E-state index contributed by atoms with van der Waals surface area (Å²) in [4.78, 5) is 0. The van der Waals surface area contributed by atoms with Crippen LogP contribution in [0.1, 0.15) is 19.8 Å². The van der Waals surface area contributed by atoms with Crippen LogP contribution in [0.2, 0.25) is 10.0 Å². The third-order valence-corrected chi connectivity index (χ3v) is 3.39. The van der Waals surface area contributed by atoms with Crippen LogP contribution in [0.3, 0.4) is 0 Å². The summed E-state index contributed by atoms with van der Waals surface area (Å²) < 4.78 is 1.74. The Morgan fingerprint density at radius 1 is 1.33 bits per heavy atom. The van der Waals surface area contributed by atoms with Crippen molar-refractivity contribution >= 4 is 28.9 Å². The molecule has 0 aliphatic heterocycles.